The van der Waals surface area contributed by atoms with Crippen LogP contribution >= 0.6 is 22.7 Å². The second kappa shape index (κ2) is 19.9. The Bertz CT molecular complexity index is 2620. The van der Waals surface area contributed by atoms with Gasteiger partial charge in [0.25, 0.3) is 0 Å². The van der Waals surface area contributed by atoms with E-state index in [-0.39, 0.29) is 16.8 Å². The van der Waals surface area contributed by atoms with Crippen LogP contribution in [0.3, 0.4) is 0 Å². The molecule has 0 amide bonds. The summed E-state index contributed by atoms with van der Waals surface area (Å²) in [5, 5.41) is 4.21. The molecular weight excluding hydrogens is 836 g/mol. The summed E-state index contributed by atoms with van der Waals surface area (Å²) in [5.74, 6) is 1.76. The van der Waals surface area contributed by atoms with Crippen molar-refractivity contribution in [2.75, 3.05) is 13.2 Å². The molecular formula is C52H48CoN4O2S2. The summed E-state index contributed by atoms with van der Waals surface area (Å²) >= 11 is 3.33. The van der Waals surface area contributed by atoms with Gasteiger partial charge in [0.05, 0.1) is 36.0 Å². The third kappa shape index (κ3) is 9.40. The third-order valence-electron chi connectivity index (χ3n) is 10.9. The van der Waals surface area contributed by atoms with E-state index >= 15 is 0 Å². The molecule has 6 nitrogen and oxygen atoms in total. The summed E-state index contributed by atoms with van der Waals surface area (Å²) in [6.07, 6.45) is 17.8. The number of unbranched alkanes of at least 4 members (excludes halogenated alkanes) is 6. The minimum atomic E-state index is 0. The van der Waals surface area contributed by atoms with E-state index < -0.39 is 0 Å². The van der Waals surface area contributed by atoms with Crippen LogP contribution in [0, 0.1) is 0 Å². The van der Waals surface area contributed by atoms with Gasteiger partial charge in [-0.05, 0) is 71.5 Å². The van der Waals surface area contributed by atoms with Crippen molar-refractivity contribution in [2.24, 2.45) is 0 Å². The molecule has 61 heavy (non-hydrogen) atoms. The fraction of sp³-hybridized carbons (Fsp3) is 0.231. The maximum Gasteiger partial charge on any atom is 2.00 e. The quantitative estimate of drug-likeness (QED) is 0.0900. The molecule has 5 aromatic heterocycles. The fourth-order valence-electron chi connectivity index (χ4n) is 7.88. The van der Waals surface area contributed by atoms with Gasteiger partial charge in [-0.3, -0.25) is 0 Å². The average molecular weight is 884 g/mol. The number of benzene rings is 2. The minimum Gasteiger partial charge on any atom is -0.657 e. The van der Waals surface area contributed by atoms with Crippen LogP contribution in [0.15, 0.2) is 108 Å². The first-order valence-corrected chi connectivity index (χ1v) is 23.0. The summed E-state index contributed by atoms with van der Waals surface area (Å²) in [5.41, 5.74) is 12.8. The molecule has 2 aliphatic rings. The molecule has 0 N–H and O–H groups in total. The van der Waals surface area contributed by atoms with E-state index in [2.05, 4.69) is 134 Å². The minimum absolute atomic E-state index is 0. The van der Waals surface area contributed by atoms with E-state index in [9.17, 15) is 0 Å². The van der Waals surface area contributed by atoms with Gasteiger partial charge in [0.2, 0.25) is 0 Å². The van der Waals surface area contributed by atoms with Crippen molar-refractivity contribution < 1.29 is 26.3 Å². The number of nitrogens with zero attached hydrogens (tertiary/aromatic N) is 4. The number of thiophene rings is 2. The fourth-order valence-corrected chi connectivity index (χ4v) is 9.66. The van der Waals surface area contributed by atoms with Crippen LogP contribution < -0.4 is 19.4 Å². The maximum absolute atomic E-state index is 6.27. The zero-order valence-corrected chi connectivity index (χ0v) is 37.2. The molecule has 0 fully saturated rings. The van der Waals surface area contributed by atoms with Crippen molar-refractivity contribution in [2.45, 2.75) is 65.2 Å². The second-order valence-electron chi connectivity index (χ2n) is 15.2. The molecule has 0 spiro atoms. The normalized spacial score (nSPS) is 11.8. The Kier molecular flexibility index (Phi) is 13.8. The summed E-state index contributed by atoms with van der Waals surface area (Å²) in [4.78, 5) is 23.8. The Morgan fingerprint density at radius 3 is 1.23 bits per heavy atom. The third-order valence-corrected chi connectivity index (χ3v) is 12.8. The van der Waals surface area contributed by atoms with Crippen LogP contribution in [-0.2, 0) is 16.8 Å². The monoisotopic (exact) mass is 883 g/mol. The molecule has 7 heterocycles. The van der Waals surface area contributed by atoms with Gasteiger partial charge >= 0.3 is 16.8 Å². The van der Waals surface area contributed by atoms with E-state index in [1.165, 1.54) is 38.5 Å². The first-order valence-electron chi connectivity index (χ1n) is 21.3. The Balaban J connectivity index is 0.00000514. The largest absolute Gasteiger partial charge is 2.00 e. The summed E-state index contributed by atoms with van der Waals surface area (Å²) in [7, 11) is 0. The van der Waals surface area contributed by atoms with Crippen molar-refractivity contribution in [3.8, 4) is 54.6 Å². The predicted molar refractivity (Wildman–Crippen MR) is 254 cm³/mol. The van der Waals surface area contributed by atoms with E-state index in [1.54, 1.807) is 22.7 Å². The van der Waals surface area contributed by atoms with Crippen LogP contribution in [-0.4, -0.2) is 23.2 Å². The molecule has 0 atom stereocenters. The molecule has 0 aliphatic carbocycles. The van der Waals surface area contributed by atoms with Crippen molar-refractivity contribution >= 4 is 69.0 Å². The van der Waals surface area contributed by atoms with Crippen molar-refractivity contribution in [3.05, 3.63) is 131 Å². The van der Waals surface area contributed by atoms with Gasteiger partial charge in [-0.1, -0.05) is 137 Å². The summed E-state index contributed by atoms with van der Waals surface area (Å²) in [6.45, 7) is 5.87. The molecule has 1 radical (unpaired) electrons. The predicted octanol–water partition coefficient (Wildman–Crippen LogP) is 14.6. The molecule has 0 unspecified atom stereocenters. The topological polar surface area (TPSA) is 72.4 Å². The molecule has 7 aromatic rings. The van der Waals surface area contributed by atoms with Gasteiger partial charge in [-0.25, -0.2) is 9.97 Å². The van der Waals surface area contributed by atoms with Crippen molar-refractivity contribution in [1.82, 2.24) is 19.9 Å². The standard InChI is InChI=1S/C52H48N4O2S2.Co/c1-3-5-7-15-29-57-37-31-47(59-33-37)51-43-25-21-39(53-43)49(35-17-11-9-12-18-35)41-23-27-45(55-41)52(48-32-38(34-60-48)58-30-16-8-6-4-2)46-28-24-42(56-46)50(36-19-13-10-14-20-36)40-22-26-44(51)54-40;/h9-14,17-28,31-34H,3-8,15-16,29-30H2,1-2H3;/q-2;+2. The average Bonchev–Trinajstić information content (AvgIpc) is 4.14. The summed E-state index contributed by atoms with van der Waals surface area (Å²) < 4.78 is 12.5. The zero-order chi connectivity index (χ0) is 40.7. The molecule has 9 heteroatoms. The Morgan fingerprint density at radius 1 is 0.459 bits per heavy atom. The Morgan fingerprint density at radius 2 is 0.836 bits per heavy atom. The molecule has 9 rings (SSSR count). The zero-order valence-electron chi connectivity index (χ0n) is 34.5. The van der Waals surface area contributed by atoms with Gasteiger partial charge in [0.15, 0.2) is 0 Å². The van der Waals surface area contributed by atoms with Crippen LogP contribution in [0.4, 0.5) is 0 Å². The Hall–Kier alpha value is -5.45. The van der Waals surface area contributed by atoms with Gasteiger partial charge in [0, 0.05) is 31.6 Å². The number of aromatic nitrogens is 4. The van der Waals surface area contributed by atoms with E-state index in [0.717, 1.165) is 112 Å². The molecule has 309 valence electrons. The van der Waals surface area contributed by atoms with E-state index in [1.807, 2.05) is 12.1 Å². The number of rotatable bonds is 16. The SMILES string of the molecule is CCCCCCOc1csc(-c2c3nc(c(-c4ccccc4)c4ccc([n-]4)c(-c4cc(OCCCCCC)cs4)c4nc(c(-c5ccccc5)c5ccc2[n-]5)C=C4)C=C3)c1.[Co+2]. The first-order chi connectivity index (χ1) is 29.7. The van der Waals surface area contributed by atoms with Crippen LogP contribution in [0.25, 0.3) is 89.5 Å². The summed E-state index contributed by atoms with van der Waals surface area (Å²) in [6, 6.07) is 33.7. The number of hydrogen-bond acceptors (Lipinski definition) is 6. The van der Waals surface area contributed by atoms with E-state index in [4.69, 9.17) is 29.4 Å². The molecule has 8 bridgehead atoms. The van der Waals surface area contributed by atoms with Gasteiger partial charge < -0.3 is 19.4 Å². The van der Waals surface area contributed by atoms with Gasteiger partial charge in [0.1, 0.15) is 11.5 Å². The van der Waals surface area contributed by atoms with Gasteiger partial charge in [-0.15, -0.1) is 44.7 Å². The number of fused-ring (bicyclic) bond motifs is 8. The first kappa shape index (κ1) is 42.2. The maximum atomic E-state index is 6.27. The molecule has 0 saturated carbocycles. The van der Waals surface area contributed by atoms with Crippen LogP contribution in [0.1, 0.15) is 88.0 Å². The molecule has 2 aromatic carbocycles. The van der Waals surface area contributed by atoms with Crippen molar-refractivity contribution in [1.29, 1.82) is 0 Å². The number of ether oxygens (including phenoxy) is 2. The smallest absolute Gasteiger partial charge is 0.657 e. The van der Waals surface area contributed by atoms with E-state index in [0.29, 0.717) is 13.2 Å². The molecule has 0 saturated heterocycles. The Labute approximate surface area is 376 Å². The second-order valence-corrected chi connectivity index (χ2v) is 17.0. The van der Waals surface area contributed by atoms with Crippen LogP contribution in [0.5, 0.6) is 11.5 Å². The van der Waals surface area contributed by atoms with Gasteiger partial charge in [-0.2, -0.15) is 0 Å². The van der Waals surface area contributed by atoms with Crippen molar-refractivity contribution in [3.63, 3.8) is 0 Å². The van der Waals surface area contributed by atoms with Crippen LogP contribution in [0.2, 0.25) is 0 Å². The molecule has 2 aliphatic heterocycles. The number of hydrogen-bond donors (Lipinski definition) is 0.